The Kier molecular flexibility index (Phi) is 5.65. The van der Waals surface area contributed by atoms with Gasteiger partial charge in [0.25, 0.3) is 0 Å². The minimum atomic E-state index is -0.688. The molecule has 1 amide bonds. The lowest BCUT2D eigenvalue weighted by atomic mass is 10.0. The summed E-state index contributed by atoms with van der Waals surface area (Å²) in [6.45, 7) is 0.420. The molecule has 3 nitrogen and oxygen atoms in total. The van der Waals surface area contributed by atoms with E-state index in [1.165, 1.54) is 23.9 Å². The van der Waals surface area contributed by atoms with Crippen molar-refractivity contribution in [1.29, 1.82) is 0 Å². The quantitative estimate of drug-likeness (QED) is 0.878. The third-order valence-electron chi connectivity index (χ3n) is 3.90. The maximum absolute atomic E-state index is 12.8. The van der Waals surface area contributed by atoms with Crippen molar-refractivity contribution < 1.29 is 14.3 Å². The summed E-state index contributed by atoms with van der Waals surface area (Å²) in [5.41, 5.74) is 0.317. The molecule has 116 valence electrons. The van der Waals surface area contributed by atoms with Crippen molar-refractivity contribution in [3.05, 3.63) is 35.6 Å². The van der Waals surface area contributed by atoms with Crippen molar-refractivity contribution in [2.45, 2.75) is 37.0 Å². The highest BCUT2D eigenvalue weighted by Crippen LogP contribution is 2.30. The van der Waals surface area contributed by atoms with E-state index in [4.69, 9.17) is 0 Å². The van der Waals surface area contributed by atoms with E-state index in [0.29, 0.717) is 18.1 Å². The Bertz CT molecular complexity index is 472. The van der Waals surface area contributed by atoms with Crippen LogP contribution in [0.5, 0.6) is 0 Å². The first-order chi connectivity index (χ1) is 9.98. The highest BCUT2D eigenvalue weighted by molar-refractivity contribution is 7.99. The SMILES string of the molecule is CN(CC1(O)CCCC1)C(=O)CSCc1ccc(F)cc1. The minimum absolute atomic E-state index is 0.0300. The number of carbonyl (C=O) groups excluding carboxylic acids is 1. The van der Waals surface area contributed by atoms with Gasteiger partial charge in [-0.25, -0.2) is 4.39 Å². The third kappa shape index (κ3) is 5.00. The highest BCUT2D eigenvalue weighted by atomic mass is 32.2. The number of aliphatic hydroxyl groups is 1. The molecule has 0 spiro atoms. The zero-order chi connectivity index (χ0) is 15.3. The first-order valence-corrected chi connectivity index (χ1v) is 8.42. The van der Waals surface area contributed by atoms with Crippen LogP contribution in [0.2, 0.25) is 0 Å². The fraction of sp³-hybridized carbons (Fsp3) is 0.562. The fourth-order valence-corrected chi connectivity index (χ4v) is 3.59. The van der Waals surface area contributed by atoms with Gasteiger partial charge < -0.3 is 10.0 Å². The average Bonchev–Trinajstić information content (AvgIpc) is 2.87. The van der Waals surface area contributed by atoms with Gasteiger partial charge in [0.2, 0.25) is 5.91 Å². The number of hydrogen-bond donors (Lipinski definition) is 1. The standard InChI is InChI=1S/C16H22FNO2S/c1-18(12-16(20)8-2-3-9-16)15(19)11-21-10-13-4-6-14(17)7-5-13/h4-7,20H,2-3,8-12H2,1H3. The zero-order valence-corrected chi connectivity index (χ0v) is 13.2. The average molecular weight is 311 g/mol. The van der Waals surface area contributed by atoms with E-state index < -0.39 is 5.60 Å². The van der Waals surface area contributed by atoms with Crippen molar-refractivity contribution in [2.24, 2.45) is 0 Å². The number of rotatable bonds is 6. The maximum Gasteiger partial charge on any atom is 0.232 e. The van der Waals surface area contributed by atoms with E-state index >= 15 is 0 Å². The molecule has 1 N–H and O–H groups in total. The molecule has 2 rings (SSSR count). The molecule has 1 aromatic rings. The summed E-state index contributed by atoms with van der Waals surface area (Å²) in [7, 11) is 1.75. The number of halogens is 1. The van der Waals surface area contributed by atoms with Crippen molar-refractivity contribution in [3.63, 3.8) is 0 Å². The Balaban J connectivity index is 1.72. The minimum Gasteiger partial charge on any atom is -0.388 e. The smallest absolute Gasteiger partial charge is 0.232 e. The molecule has 0 heterocycles. The van der Waals surface area contributed by atoms with Gasteiger partial charge in [0.1, 0.15) is 5.82 Å². The van der Waals surface area contributed by atoms with Gasteiger partial charge in [-0.05, 0) is 30.5 Å². The second kappa shape index (κ2) is 7.27. The predicted octanol–water partition coefficient (Wildman–Crippen LogP) is 2.82. The summed E-state index contributed by atoms with van der Waals surface area (Å²) in [5.74, 6) is 0.848. The number of amides is 1. The molecule has 0 aliphatic heterocycles. The molecule has 0 aromatic heterocycles. The van der Waals surface area contributed by atoms with Crippen LogP contribution in [0, 0.1) is 5.82 Å². The first-order valence-electron chi connectivity index (χ1n) is 7.27. The highest BCUT2D eigenvalue weighted by Gasteiger charge is 2.33. The molecule has 1 fully saturated rings. The normalized spacial score (nSPS) is 16.9. The van der Waals surface area contributed by atoms with E-state index in [0.717, 1.165) is 31.2 Å². The number of benzene rings is 1. The molecule has 0 saturated heterocycles. The molecule has 0 atom stereocenters. The molecule has 0 bridgehead atoms. The van der Waals surface area contributed by atoms with E-state index in [1.54, 1.807) is 24.1 Å². The Labute approximate surface area is 129 Å². The molecule has 1 aliphatic rings. The fourth-order valence-electron chi connectivity index (χ4n) is 2.67. The summed E-state index contributed by atoms with van der Waals surface area (Å²) in [6.07, 6.45) is 3.65. The van der Waals surface area contributed by atoms with Gasteiger partial charge in [-0.3, -0.25) is 4.79 Å². The topological polar surface area (TPSA) is 40.5 Å². The van der Waals surface area contributed by atoms with Crippen LogP contribution in [0.1, 0.15) is 31.2 Å². The van der Waals surface area contributed by atoms with Crippen LogP contribution < -0.4 is 0 Å². The van der Waals surface area contributed by atoms with E-state index in [1.807, 2.05) is 0 Å². The summed E-state index contributed by atoms with van der Waals surface area (Å²) >= 11 is 1.51. The Morgan fingerprint density at radius 2 is 1.95 bits per heavy atom. The monoisotopic (exact) mass is 311 g/mol. The largest absolute Gasteiger partial charge is 0.388 e. The van der Waals surface area contributed by atoms with Crippen LogP contribution in [-0.2, 0) is 10.5 Å². The molecular weight excluding hydrogens is 289 g/mol. The van der Waals surface area contributed by atoms with Gasteiger partial charge in [0, 0.05) is 19.3 Å². The predicted molar refractivity (Wildman–Crippen MR) is 83.6 cm³/mol. The van der Waals surface area contributed by atoms with Crippen LogP contribution in [0.25, 0.3) is 0 Å². The molecule has 0 radical (unpaired) electrons. The second-order valence-electron chi connectivity index (χ2n) is 5.80. The summed E-state index contributed by atoms with van der Waals surface area (Å²) in [6, 6.07) is 6.33. The molecule has 1 aromatic carbocycles. The van der Waals surface area contributed by atoms with E-state index in [-0.39, 0.29) is 11.7 Å². The van der Waals surface area contributed by atoms with Crippen LogP contribution in [0.3, 0.4) is 0 Å². The van der Waals surface area contributed by atoms with E-state index in [9.17, 15) is 14.3 Å². The lowest BCUT2D eigenvalue weighted by Crippen LogP contribution is -2.42. The van der Waals surface area contributed by atoms with Gasteiger partial charge in [-0.15, -0.1) is 11.8 Å². The summed E-state index contributed by atoms with van der Waals surface area (Å²) in [5, 5.41) is 10.3. The first kappa shape index (κ1) is 16.3. The van der Waals surface area contributed by atoms with Crippen molar-refractivity contribution in [3.8, 4) is 0 Å². The third-order valence-corrected chi connectivity index (χ3v) is 4.89. The van der Waals surface area contributed by atoms with Gasteiger partial charge in [-0.1, -0.05) is 25.0 Å². The Morgan fingerprint density at radius 3 is 2.57 bits per heavy atom. The van der Waals surface area contributed by atoms with Crippen LogP contribution in [-0.4, -0.2) is 40.9 Å². The Morgan fingerprint density at radius 1 is 1.33 bits per heavy atom. The number of likely N-dealkylation sites (N-methyl/N-ethyl adjacent to an activating group) is 1. The van der Waals surface area contributed by atoms with Crippen molar-refractivity contribution in [1.82, 2.24) is 4.90 Å². The number of hydrogen-bond acceptors (Lipinski definition) is 3. The molecular formula is C16H22FNO2S. The van der Waals surface area contributed by atoms with Crippen molar-refractivity contribution in [2.75, 3.05) is 19.3 Å². The molecule has 21 heavy (non-hydrogen) atoms. The van der Waals surface area contributed by atoms with Crippen molar-refractivity contribution >= 4 is 17.7 Å². The molecule has 5 heteroatoms. The van der Waals surface area contributed by atoms with Gasteiger partial charge >= 0.3 is 0 Å². The number of thioether (sulfide) groups is 1. The number of carbonyl (C=O) groups is 1. The number of nitrogens with zero attached hydrogens (tertiary/aromatic N) is 1. The lowest BCUT2D eigenvalue weighted by molar-refractivity contribution is -0.130. The molecule has 1 aliphatic carbocycles. The lowest BCUT2D eigenvalue weighted by Gasteiger charge is -2.28. The zero-order valence-electron chi connectivity index (χ0n) is 12.3. The van der Waals surface area contributed by atoms with Gasteiger partial charge in [0.15, 0.2) is 0 Å². The summed E-state index contributed by atoms with van der Waals surface area (Å²) in [4.78, 5) is 13.7. The van der Waals surface area contributed by atoms with Crippen LogP contribution in [0.15, 0.2) is 24.3 Å². The van der Waals surface area contributed by atoms with Crippen LogP contribution in [0.4, 0.5) is 4.39 Å². The van der Waals surface area contributed by atoms with Crippen LogP contribution >= 0.6 is 11.8 Å². The van der Waals surface area contributed by atoms with E-state index in [2.05, 4.69) is 0 Å². The molecule has 1 saturated carbocycles. The second-order valence-corrected chi connectivity index (χ2v) is 6.79. The molecule has 0 unspecified atom stereocenters. The summed E-state index contributed by atoms with van der Waals surface area (Å²) < 4.78 is 12.8. The van der Waals surface area contributed by atoms with Gasteiger partial charge in [-0.2, -0.15) is 0 Å². The Hall–Kier alpha value is -1.07. The van der Waals surface area contributed by atoms with Gasteiger partial charge in [0.05, 0.1) is 11.4 Å². The maximum atomic E-state index is 12.8.